The molecule has 0 aliphatic rings. The quantitative estimate of drug-likeness (QED) is 0.0564. The average molecular weight is 851 g/mol. The van der Waals surface area contributed by atoms with Gasteiger partial charge in [-0.25, -0.2) is 19.9 Å². The van der Waals surface area contributed by atoms with Crippen molar-refractivity contribution in [2.45, 2.75) is 143 Å². The average Bonchev–Trinajstić information content (AvgIpc) is 3.26. The van der Waals surface area contributed by atoms with Gasteiger partial charge in [-0.2, -0.15) is 0 Å². The summed E-state index contributed by atoms with van der Waals surface area (Å²) in [7, 11) is -2.87. The van der Waals surface area contributed by atoms with Crippen molar-refractivity contribution in [2.75, 3.05) is 0 Å². The van der Waals surface area contributed by atoms with Gasteiger partial charge < -0.3 is 0 Å². The number of nitrogens with zero attached hydrogens (tertiary/aromatic N) is 4. The van der Waals surface area contributed by atoms with Gasteiger partial charge in [-0.3, -0.25) is 0 Å². The second kappa shape index (κ2) is 24.2. The number of unbranched alkanes of at least 4 members (excludes halogenated alkanes) is 10. The molecule has 3 aromatic carbocycles. The van der Waals surface area contributed by atoms with E-state index >= 15 is 0 Å². The third kappa shape index (κ3) is 16.7. The summed E-state index contributed by atoms with van der Waals surface area (Å²) in [6, 6.07) is 21.0. The lowest BCUT2D eigenvalue weighted by molar-refractivity contribution is 0.605. The Labute approximate surface area is 376 Å². The molecule has 318 valence electrons. The molecule has 4 nitrogen and oxygen atoms in total. The molecular weight excluding hydrogens is 785 g/mol. The van der Waals surface area contributed by atoms with E-state index in [2.05, 4.69) is 136 Å². The first kappa shape index (κ1) is 47.5. The first-order valence-corrected chi connectivity index (χ1v) is 30.0. The Hall–Kier alpha value is -5.51. The maximum absolute atomic E-state index is 4.70. The molecule has 0 spiro atoms. The van der Waals surface area contributed by atoms with Gasteiger partial charge in [0.1, 0.15) is 16.1 Å². The fraction of sp³-hybridized carbons (Fsp3) is 0.393. The molecule has 0 fully saturated rings. The van der Waals surface area contributed by atoms with Crippen molar-refractivity contribution in [1.82, 2.24) is 19.9 Å². The van der Waals surface area contributed by atoms with Crippen LogP contribution in [0.1, 0.15) is 135 Å². The number of hydrogen-bond acceptors (Lipinski definition) is 4. The topological polar surface area (TPSA) is 51.6 Å². The van der Waals surface area contributed by atoms with Gasteiger partial charge in [0.05, 0.1) is 11.1 Å². The second-order valence-corrected chi connectivity index (χ2v) is 27.9. The minimum Gasteiger partial charge on any atom is -0.235 e. The summed E-state index contributed by atoms with van der Waals surface area (Å²) in [6.07, 6.45) is 24.2. The maximum atomic E-state index is 4.70. The fourth-order valence-corrected chi connectivity index (χ4v) is 7.85. The van der Waals surface area contributed by atoms with E-state index in [0.717, 1.165) is 70.2 Å². The molecule has 0 bridgehead atoms. The van der Waals surface area contributed by atoms with Crippen LogP contribution in [0.2, 0.25) is 39.3 Å². The van der Waals surface area contributed by atoms with Crippen molar-refractivity contribution in [3.05, 3.63) is 130 Å². The molecule has 0 unspecified atom stereocenters. The van der Waals surface area contributed by atoms with E-state index in [9.17, 15) is 0 Å². The van der Waals surface area contributed by atoms with Gasteiger partial charge in [-0.1, -0.05) is 153 Å². The highest BCUT2D eigenvalue weighted by molar-refractivity contribution is 6.84. The predicted molar refractivity (Wildman–Crippen MR) is 268 cm³/mol. The minimum atomic E-state index is -1.44. The van der Waals surface area contributed by atoms with Crippen molar-refractivity contribution in [3.63, 3.8) is 0 Å². The third-order valence-electron chi connectivity index (χ3n) is 10.4. The van der Waals surface area contributed by atoms with Gasteiger partial charge >= 0.3 is 0 Å². The third-order valence-corrected chi connectivity index (χ3v) is 12.1. The summed E-state index contributed by atoms with van der Waals surface area (Å²) in [5.41, 5.74) is 17.1. The highest BCUT2D eigenvalue weighted by Gasteiger charge is 2.11. The molecule has 0 saturated carbocycles. The molecule has 0 radical (unpaired) electrons. The Morgan fingerprint density at radius 2 is 0.726 bits per heavy atom. The Balaban J connectivity index is 1.41. The Kier molecular flexibility index (Phi) is 18.6. The monoisotopic (exact) mass is 850 g/mol. The van der Waals surface area contributed by atoms with Crippen LogP contribution < -0.4 is 0 Å². The molecule has 5 rings (SSSR count). The summed E-state index contributed by atoms with van der Waals surface area (Å²) >= 11 is 0. The zero-order chi connectivity index (χ0) is 44.2. The number of hydrogen-bond donors (Lipinski definition) is 0. The molecule has 0 N–H and O–H groups in total. The van der Waals surface area contributed by atoms with E-state index in [4.69, 9.17) is 19.9 Å². The van der Waals surface area contributed by atoms with Crippen LogP contribution in [-0.2, 0) is 12.8 Å². The standard InChI is InChI=1S/C56H66N4Si2/c1-9-11-13-15-17-19-21-51-39-54(34-28-48-43-59-56(60-44-48)50-31-25-46(26-32-50)36-38-62(6,7)8)52(22-20-18-16-14-12-10-2)40-53(51)33-27-47-41-57-55(58-42-47)49-29-23-45(24-30-49)35-37-61(3,4)5/h23-26,29-32,39-44H,9-22H2,1-8H3. The Bertz CT molecular complexity index is 2270. The van der Waals surface area contributed by atoms with Gasteiger partial charge in [0.15, 0.2) is 11.6 Å². The van der Waals surface area contributed by atoms with Crippen LogP contribution in [0.5, 0.6) is 0 Å². The van der Waals surface area contributed by atoms with Gasteiger partial charge in [-0.05, 0) is 97.5 Å². The van der Waals surface area contributed by atoms with Gasteiger partial charge in [-0.15, -0.1) is 11.1 Å². The first-order chi connectivity index (χ1) is 29.9. The van der Waals surface area contributed by atoms with Crippen LogP contribution >= 0.6 is 0 Å². The zero-order valence-electron chi connectivity index (χ0n) is 38.8. The number of aromatic nitrogens is 4. The molecule has 0 aliphatic heterocycles. The molecule has 0 aliphatic carbocycles. The highest BCUT2D eigenvalue weighted by atomic mass is 28.3. The smallest absolute Gasteiger partial charge is 0.159 e. The Morgan fingerprint density at radius 1 is 0.387 bits per heavy atom. The first-order valence-electron chi connectivity index (χ1n) is 23.0. The van der Waals surface area contributed by atoms with E-state index in [0.29, 0.717) is 11.6 Å². The van der Waals surface area contributed by atoms with Crippen LogP contribution in [0.3, 0.4) is 0 Å². The summed E-state index contributed by atoms with van der Waals surface area (Å²) in [5, 5.41) is 0. The number of benzene rings is 3. The molecule has 62 heavy (non-hydrogen) atoms. The van der Waals surface area contributed by atoms with Crippen LogP contribution in [0, 0.1) is 46.6 Å². The molecule has 0 atom stereocenters. The van der Waals surface area contributed by atoms with E-state index in [-0.39, 0.29) is 0 Å². The molecular formula is C56H66N4Si2. The second-order valence-electron chi connectivity index (χ2n) is 18.4. The largest absolute Gasteiger partial charge is 0.235 e. The maximum Gasteiger partial charge on any atom is 0.159 e. The lowest BCUT2D eigenvalue weighted by Crippen LogP contribution is -2.16. The molecule has 0 saturated heterocycles. The molecule has 0 amide bonds. The van der Waals surface area contributed by atoms with Crippen molar-refractivity contribution < 1.29 is 0 Å². The van der Waals surface area contributed by atoms with E-state index < -0.39 is 16.1 Å². The summed E-state index contributed by atoms with van der Waals surface area (Å²) in [4.78, 5) is 18.8. The lowest BCUT2D eigenvalue weighted by atomic mass is 9.92. The van der Waals surface area contributed by atoms with E-state index in [1.807, 2.05) is 49.1 Å². The molecule has 6 heteroatoms. The highest BCUT2D eigenvalue weighted by Crippen LogP contribution is 2.23. The summed E-state index contributed by atoms with van der Waals surface area (Å²) in [5.74, 6) is 22.0. The summed E-state index contributed by atoms with van der Waals surface area (Å²) < 4.78 is 0. The summed E-state index contributed by atoms with van der Waals surface area (Å²) in [6.45, 7) is 18.1. The van der Waals surface area contributed by atoms with Crippen molar-refractivity contribution in [1.29, 1.82) is 0 Å². The van der Waals surface area contributed by atoms with Crippen LogP contribution in [0.15, 0.2) is 85.5 Å². The van der Waals surface area contributed by atoms with E-state index in [1.54, 1.807) is 0 Å². The van der Waals surface area contributed by atoms with Gasteiger partial charge in [0.25, 0.3) is 0 Å². The SMILES string of the molecule is CCCCCCCCc1cc(C#Cc2cnc(-c3ccc(C#C[Si](C)(C)C)cc3)nc2)c(CCCCCCCC)cc1C#Cc1cnc(-c2ccc(C#C[Si](C)(C)C)cc2)nc1. The van der Waals surface area contributed by atoms with Crippen LogP contribution in [0.25, 0.3) is 22.8 Å². The Morgan fingerprint density at radius 3 is 1.06 bits per heavy atom. The predicted octanol–water partition coefficient (Wildman–Crippen LogP) is 13.7. The van der Waals surface area contributed by atoms with Crippen LogP contribution in [-0.4, -0.2) is 36.1 Å². The van der Waals surface area contributed by atoms with E-state index in [1.165, 1.54) is 75.3 Å². The fourth-order valence-electron chi connectivity index (χ4n) is 6.81. The number of aryl methyl sites for hydroxylation is 2. The van der Waals surface area contributed by atoms with Crippen molar-refractivity contribution in [2.24, 2.45) is 0 Å². The molecule has 2 aromatic heterocycles. The van der Waals surface area contributed by atoms with Crippen molar-refractivity contribution >= 4 is 16.1 Å². The van der Waals surface area contributed by atoms with Gasteiger partial charge in [0.2, 0.25) is 0 Å². The van der Waals surface area contributed by atoms with Crippen molar-refractivity contribution in [3.8, 4) is 69.4 Å². The molecule has 5 aromatic rings. The van der Waals surface area contributed by atoms with Crippen LogP contribution in [0.4, 0.5) is 0 Å². The van der Waals surface area contributed by atoms with Gasteiger partial charge in [0, 0.05) is 58.2 Å². The number of rotatable bonds is 16. The lowest BCUT2D eigenvalue weighted by Gasteiger charge is -2.12. The molecule has 2 heterocycles. The normalized spacial score (nSPS) is 11.0. The minimum absolute atomic E-state index is 0.686. The zero-order valence-corrected chi connectivity index (χ0v) is 40.8.